The fraction of sp³-hybridized carbons (Fsp3) is 0.667. The number of nitrogens with one attached hydrogen (secondary N) is 2. The maximum Gasteiger partial charge on any atom is 0.223 e. The van der Waals surface area contributed by atoms with Gasteiger partial charge < -0.3 is 16.4 Å². The lowest BCUT2D eigenvalue weighted by Gasteiger charge is -2.09. The predicted molar refractivity (Wildman–Crippen MR) is 73.2 cm³/mol. The molecule has 0 amide bonds. The quantitative estimate of drug-likeness (QED) is 0.606. The fourth-order valence-electron chi connectivity index (χ4n) is 1.43. The molecule has 1 heterocycles. The molecule has 0 bridgehead atoms. The van der Waals surface area contributed by atoms with Crippen molar-refractivity contribution < 1.29 is 0 Å². The Labute approximate surface area is 103 Å². The molecule has 17 heavy (non-hydrogen) atoms. The number of nitrogens with two attached hydrogens (primary N) is 1. The van der Waals surface area contributed by atoms with E-state index in [2.05, 4.69) is 34.4 Å². The molecule has 0 unspecified atom stereocenters. The monoisotopic (exact) mass is 237 g/mol. The first-order chi connectivity index (χ1) is 8.26. The molecule has 0 atom stereocenters. The summed E-state index contributed by atoms with van der Waals surface area (Å²) in [7, 11) is 0. The van der Waals surface area contributed by atoms with Crippen molar-refractivity contribution in [3.8, 4) is 0 Å². The van der Waals surface area contributed by atoms with Gasteiger partial charge in [0.1, 0.15) is 11.6 Å². The Kier molecular flexibility index (Phi) is 6.14. The second-order valence-electron chi connectivity index (χ2n) is 4.06. The van der Waals surface area contributed by atoms with Crippen LogP contribution in [0, 0.1) is 0 Å². The number of anilines is 3. The van der Waals surface area contributed by atoms with Crippen molar-refractivity contribution in [1.29, 1.82) is 0 Å². The lowest BCUT2D eigenvalue weighted by Crippen LogP contribution is -2.09. The maximum atomic E-state index is 5.67. The molecular formula is C12H23N5. The van der Waals surface area contributed by atoms with Crippen molar-refractivity contribution in [1.82, 2.24) is 9.97 Å². The Hall–Kier alpha value is -1.52. The van der Waals surface area contributed by atoms with Crippen LogP contribution >= 0.6 is 0 Å². The molecule has 0 aliphatic heterocycles. The van der Waals surface area contributed by atoms with E-state index in [1.165, 1.54) is 0 Å². The first-order valence-corrected chi connectivity index (χ1v) is 6.38. The van der Waals surface area contributed by atoms with E-state index in [0.29, 0.717) is 5.95 Å². The van der Waals surface area contributed by atoms with Crippen LogP contribution < -0.4 is 16.4 Å². The second kappa shape index (κ2) is 7.70. The molecular weight excluding hydrogens is 214 g/mol. The standard InChI is InChI=1S/C12H23N5/c1-3-5-7-14-10-9-11(15-8-6-4-2)17-12(13)16-10/h9H,3-8H2,1-2H3,(H4,13,14,15,16,17). The van der Waals surface area contributed by atoms with Gasteiger partial charge in [-0.05, 0) is 12.8 Å². The highest BCUT2D eigenvalue weighted by Crippen LogP contribution is 2.12. The van der Waals surface area contributed by atoms with Crippen LogP contribution in [0.4, 0.5) is 17.6 Å². The number of nitrogen functional groups attached to an aromatic ring is 1. The Morgan fingerprint density at radius 1 is 1.00 bits per heavy atom. The van der Waals surface area contributed by atoms with Gasteiger partial charge in [-0.25, -0.2) is 0 Å². The minimum atomic E-state index is 0.311. The summed E-state index contributed by atoms with van der Waals surface area (Å²) >= 11 is 0. The summed E-state index contributed by atoms with van der Waals surface area (Å²) in [4.78, 5) is 8.30. The molecule has 0 spiro atoms. The van der Waals surface area contributed by atoms with Gasteiger partial charge in [-0.3, -0.25) is 0 Å². The summed E-state index contributed by atoms with van der Waals surface area (Å²) in [6, 6.07) is 1.90. The number of hydrogen-bond donors (Lipinski definition) is 3. The third-order valence-corrected chi connectivity index (χ3v) is 2.42. The summed E-state index contributed by atoms with van der Waals surface area (Å²) < 4.78 is 0. The van der Waals surface area contributed by atoms with Gasteiger partial charge in [0.2, 0.25) is 5.95 Å². The van der Waals surface area contributed by atoms with Gasteiger partial charge in [-0.2, -0.15) is 9.97 Å². The van der Waals surface area contributed by atoms with Gasteiger partial charge in [-0.1, -0.05) is 26.7 Å². The van der Waals surface area contributed by atoms with E-state index in [9.17, 15) is 0 Å². The van der Waals surface area contributed by atoms with Gasteiger partial charge in [0.25, 0.3) is 0 Å². The smallest absolute Gasteiger partial charge is 0.223 e. The minimum absolute atomic E-state index is 0.311. The molecule has 96 valence electrons. The molecule has 1 aromatic rings. The highest BCUT2D eigenvalue weighted by molar-refractivity contribution is 5.50. The van der Waals surface area contributed by atoms with Crippen LogP contribution in [-0.4, -0.2) is 23.1 Å². The number of unbranched alkanes of at least 4 members (excludes halogenated alkanes) is 2. The topological polar surface area (TPSA) is 75.9 Å². The third kappa shape index (κ3) is 5.38. The van der Waals surface area contributed by atoms with Crippen LogP contribution in [0.1, 0.15) is 39.5 Å². The van der Waals surface area contributed by atoms with E-state index < -0.39 is 0 Å². The predicted octanol–water partition coefficient (Wildman–Crippen LogP) is 2.48. The molecule has 0 aliphatic rings. The summed E-state index contributed by atoms with van der Waals surface area (Å²) in [5, 5.41) is 6.49. The van der Waals surface area contributed by atoms with Crippen LogP contribution in [-0.2, 0) is 0 Å². The zero-order valence-corrected chi connectivity index (χ0v) is 10.8. The highest BCUT2D eigenvalue weighted by Gasteiger charge is 2.01. The molecule has 4 N–H and O–H groups in total. The first-order valence-electron chi connectivity index (χ1n) is 6.38. The normalized spacial score (nSPS) is 10.2. The van der Waals surface area contributed by atoms with Crippen molar-refractivity contribution >= 4 is 17.6 Å². The lowest BCUT2D eigenvalue weighted by molar-refractivity contribution is 0.826. The van der Waals surface area contributed by atoms with E-state index in [0.717, 1.165) is 50.4 Å². The molecule has 1 rings (SSSR count). The Morgan fingerprint density at radius 2 is 1.47 bits per heavy atom. The third-order valence-electron chi connectivity index (χ3n) is 2.42. The number of hydrogen-bond acceptors (Lipinski definition) is 5. The molecule has 0 aliphatic carbocycles. The number of nitrogens with zero attached hydrogens (tertiary/aromatic N) is 2. The largest absolute Gasteiger partial charge is 0.370 e. The van der Waals surface area contributed by atoms with Crippen LogP contribution in [0.2, 0.25) is 0 Å². The number of aromatic nitrogens is 2. The summed E-state index contributed by atoms with van der Waals surface area (Å²) in [6.45, 7) is 6.16. The van der Waals surface area contributed by atoms with E-state index in [4.69, 9.17) is 5.73 Å². The Bertz CT molecular complexity index is 298. The van der Waals surface area contributed by atoms with Crippen molar-refractivity contribution in [2.24, 2.45) is 0 Å². The Balaban J connectivity index is 2.53. The zero-order valence-electron chi connectivity index (χ0n) is 10.8. The second-order valence-corrected chi connectivity index (χ2v) is 4.06. The van der Waals surface area contributed by atoms with E-state index in [1.807, 2.05) is 6.07 Å². The fourth-order valence-corrected chi connectivity index (χ4v) is 1.43. The molecule has 0 fully saturated rings. The van der Waals surface area contributed by atoms with Gasteiger partial charge in [0.15, 0.2) is 0 Å². The summed E-state index contributed by atoms with van der Waals surface area (Å²) in [5.41, 5.74) is 5.67. The van der Waals surface area contributed by atoms with Gasteiger partial charge in [0.05, 0.1) is 0 Å². The van der Waals surface area contributed by atoms with Crippen molar-refractivity contribution in [3.05, 3.63) is 6.07 Å². The van der Waals surface area contributed by atoms with Gasteiger partial charge in [-0.15, -0.1) is 0 Å². The zero-order chi connectivity index (χ0) is 12.5. The average molecular weight is 237 g/mol. The van der Waals surface area contributed by atoms with Crippen molar-refractivity contribution in [2.45, 2.75) is 39.5 Å². The summed E-state index contributed by atoms with van der Waals surface area (Å²) in [5.74, 6) is 1.90. The van der Waals surface area contributed by atoms with E-state index in [1.54, 1.807) is 0 Å². The van der Waals surface area contributed by atoms with Crippen LogP contribution in [0.5, 0.6) is 0 Å². The van der Waals surface area contributed by atoms with Gasteiger partial charge >= 0.3 is 0 Å². The molecule has 1 aromatic heterocycles. The van der Waals surface area contributed by atoms with Crippen LogP contribution in [0.3, 0.4) is 0 Å². The average Bonchev–Trinajstić information content (AvgIpc) is 2.29. The van der Waals surface area contributed by atoms with Gasteiger partial charge in [0, 0.05) is 19.2 Å². The first kappa shape index (κ1) is 13.5. The molecule has 5 heteroatoms. The minimum Gasteiger partial charge on any atom is -0.370 e. The van der Waals surface area contributed by atoms with Crippen LogP contribution in [0.15, 0.2) is 6.07 Å². The van der Waals surface area contributed by atoms with Crippen molar-refractivity contribution in [3.63, 3.8) is 0 Å². The maximum absolute atomic E-state index is 5.67. The van der Waals surface area contributed by atoms with Crippen molar-refractivity contribution in [2.75, 3.05) is 29.5 Å². The summed E-state index contributed by atoms with van der Waals surface area (Å²) in [6.07, 6.45) is 4.58. The SMILES string of the molecule is CCCCNc1cc(NCCCC)nc(N)n1. The highest BCUT2D eigenvalue weighted by atomic mass is 15.1. The molecule has 0 radical (unpaired) electrons. The molecule has 5 nitrogen and oxygen atoms in total. The number of rotatable bonds is 8. The molecule has 0 aromatic carbocycles. The van der Waals surface area contributed by atoms with E-state index in [-0.39, 0.29) is 0 Å². The van der Waals surface area contributed by atoms with E-state index >= 15 is 0 Å². The molecule has 0 saturated heterocycles. The van der Waals surface area contributed by atoms with Crippen LogP contribution in [0.25, 0.3) is 0 Å². The lowest BCUT2D eigenvalue weighted by atomic mass is 10.3. The Morgan fingerprint density at radius 3 is 1.88 bits per heavy atom. The molecule has 0 saturated carbocycles.